The van der Waals surface area contributed by atoms with Gasteiger partial charge >= 0.3 is 6.18 Å². The average Bonchev–Trinajstić information content (AvgIpc) is 2.56. The van der Waals surface area contributed by atoms with Gasteiger partial charge in [0.05, 0.1) is 23.4 Å². The van der Waals surface area contributed by atoms with Gasteiger partial charge in [0.25, 0.3) is 0 Å². The van der Waals surface area contributed by atoms with Crippen molar-refractivity contribution in [3.05, 3.63) is 52.7 Å². The SMILES string of the molecule is CN(CCO)c1ccc(/C=N\Nc2ncc(C(F)(F)F)cc2Cl)cc1. The van der Waals surface area contributed by atoms with Crippen LogP contribution in [0.3, 0.4) is 0 Å². The molecular weight excluding hydrogens is 357 g/mol. The number of anilines is 2. The fourth-order valence-electron chi connectivity index (χ4n) is 1.94. The molecule has 1 heterocycles. The maximum atomic E-state index is 12.5. The number of pyridine rings is 1. The molecule has 0 aliphatic heterocycles. The third-order valence-corrected chi connectivity index (χ3v) is 3.61. The molecule has 0 radical (unpaired) electrons. The number of benzene rings is 1. The van der Waals surface area contributed by atoms with Gasteiger partial charge < -0.3 is 10.0 Å². The quantitative estimate of drug-likeness (QED) is 0.600. The summed E-state index contributed by atoms with van der Waals surface area (Å²) in [5, 5.41) is 12.7. The molecule has 2 rings (SSSR count). The van der Waals surface area contributed by atoms with Gasteiger partial charge in [-0.2, -0.15) is 18.3 Å². The maximum Gasteiger partial charge on any atom is 0.417 e. The highest BCUT2D eigenvalue weighted by Gasteiger charge is 2.31. The number of nitrogens with one attached hydrogen (secondary N) is 1. The van der Waals surface area contributed by atoms with Crippen molar-refractivity contribution in [1.82, 2.24) is 4.98 Å². The smallest absolute Gasteiger partial charge is 0.395 e. The first-order valence-corrected chi connectivity index (χ1v) is 7.63. The van der Waals surface area contributed by atoms with Crippen LogP contribution in [0.4, 0.5) is 24.7 Å². The van der Waals surface area contributed by atoms with Gasteiger partial charge in [-0.15, -0.1) is 0 Å². The second-order valence-corrected chi connectivity index (χ2v) is 5.57. The monoisotopic (exact) mass is 372 g/mol. The summed E-state index contributed by atoms with van der Waals surface area (Å²) in [5.41, 5.74) is 3.30. The van der Waals surface area contributed by atoms with E-state index in [4.69, 9.17) is 16.7 Å². The Morgan fingerprint density at radius 2 is 2.00 bits per heavy atom. The van der Waals surface area contributed by atoms with Crippen LogP contribution in [-0.4, -0.2) is 36.5 Å². The summed E-state index contributed by atoms with van der Waals surface area (Å²) in [6.07, 6.45) is -2.32. The molecule has 134 valence electrons. The minimum Gasteiger partial charge on any atom is -0.395 e. The number of rotatable bonds is 6. The Balaban J connectivity index is 2.01. The number of hydrogen-bond acceptors (Lipinski definition) is 5. The molecule has 0 bridgehead atoms. The molecule has 0 saturated heterocycles. The number of alkyl halides is 3. The summed E-state index contributed by atoms with van der Waals surface area (Å²) in [7, 11) is 1.86. The topological polar surface area (TPSA) is 60.8 Å². The van der Waals surface area contributed by atoms with Gasteiger partial charge in [0.2, 0.25) is 0 Å². The van der Waals surface area contributed by atoms with E-state index in [0.717, 1.165) is 17.3 Å². The van der Waals surface area contributed by atoms with E-state index in [0.29, 0.717) is 12.7 Å². The van der Waals surface area contributed by atoms with Crippen LogP contribution >= 0.6 is 11.6 Å². The highest BCUT2D eigenvalue weighted by molar-refractivity contribution is 6.32. The molecule has 0 spiro atoms. The highest BCUT2D eigenvalue weighted by Crippen LogP contribution is 2.32. The van der Waals surface area contributed by atoms with Crippen molar-refractivity contribution in [2.24, 2.45) is 5.10 Å². The second kappa shape index (κ2) is 8.17. The van der Waals surface area contributed by atoms with Crippen LogP contribution in [0, 0.1) is 0 Å². The zero-order valence-corrected chi connectivity index (χ0v) is 14.0. The van der Waals surface area contributed by atoms with Crippen molar-refractivity contribution >= 4 is 29.3 Å². The Morgan fingerprint density at radius 3 is 2.56 bits per heavy atom. The number of aliphatic hydroxyl groups excluding tert-OH is 1. The first-order valence-electron chi connectivity index (χ1n) is 7.25. The van der Waals surface area contributed by atoms with E-state index in [2.05, 4.69) is 15.5 Å². The predicted molar refractivity (Wildman–Crippen MR) is 92.3 cm³/mol. The standard InChI is InChI=1S/C16H16ClF3N4O/c1-24(6-7-25)13-4-2-11(3-5-13)9-22-23-15-14(17)8-12(10-21-15)16(18,19)20/h2-5,8-10,25H,6-7H2,1H3,(H,21,23)/b22-9-. The summed E-state index contributed by atoms with van der Waals surface area (Å²) in [6.45, 7) is 0.581. The van der Waals surface area contributed by atoms with Crippen LogP contribution in [-0.2, 0) is 6.18 Å². The number of hydrogen-bond donors (Lipinski definition) is 2. The molecule has 0 saturated carbocycles. The van der Waals surface area contributed by atoms with Gasteiger partial charge in [0.1, 0.15) is 0 Å². The van der Waals surface area contributed by atoms with E-state index in [1.54, 1.807) is 0 Å². The Kier molecular flexibility index (Phi) is 6.22. The third-order valence-electron chi connectivity index (χ3n) is 3.32. The van der Waals surface area contributed by atoms with Crippen molar-refractivity contribution in [1.29, 1.82) is 0 Å². The van der Waals surface area contributed by atoms with Gasteiger partial charge in [-0.25, -0.2) is 4.98 Å². The molecule has 0 aliphatic rings. The lowest BCUT2D eigenvalue weighted by Gasteiger charge is -2.17. The molecule has 1 aromatic heterocycles. The molecule has 0 amide bonds. The number of hydrazone groups is 1. The number of nitrogens with zero attached hydrogens (tertiary/aromatic N) is 3. The van der Waals surface area contributed by atoms with Crippen molar-refractivity contribution < 1.29 is 18.3 Å². The minimum absolute atomic E-state index is 0.0326. The van der Waals surface area contributed by atoms with Crippen LogP contribution in [0.1, 0.15) is 11.1 Å². The molecule has 25 heavy (non-hydrogen) atoms. The number of halogens is 4. The lowest BCUT2D eigenvalue weighted by Crippen LogP contribution is -2.20. The zero-order chi connectivity index (χ0) is 18.4. The van der Waals surface area contributed by atoms with Gasteiger partial charge in [-0.1, -0.05) is 23.7 Å². The highest BCUT2D eigenvalue weighted by atomic mass is 35.5. The Labute approximate surface area is 147 Å². The summed E-state index contributed by atoms with van der Waals surface area (Å²) in [6, 6.07) is 8.14. The fourth-order valence-corrected chi connectivity index (χ4v) is 2.15. The Morgan fingerprint density at radius 1 is 1.32 bits per heavy atom. The van der Waals surface area contributed by atoms with E-state index in [1.807, 2.05) is 36.2 Å². The van der Waals surface area contributed by atoms with Crippen LogP contribution < -0.4 is 10.3 Å². The summed E-state index contributed by atoms with van der Waals surface area (Å²) in [5.74, 6) is 0.0326. The molecule has 0 fully saturated rings. The lowest BCUT2D eigenvalue weighted by molar-refractivity contribution is -0.137. The molecule has 0 aliphatic carbocycles. The predicted octanol–water partition coefficient (Wildman–Crippen LogP) is 3.63. The first-order chi connectivity index (χ1) is 11.8. The molecule has 2 aromatic rings. The van der Waals surface area contributed by atoms with E-state index < -0.39 is 11.7 Å². The van der Waals surface area contributed by atoms with Crippen LogP contribution in [0.2, 0.25) is 5.02 Å². The van der Waals surface area contributed by atoms with E-state index in [9.17, 15) is 13.2 Å². The second-order valence-electron chi connectivity index (χ2n) is 5.16. The Bertz CT molecular complexity index is 735. The molecular formula is C16H16ClF3N4O. The lowest BCUT2D eigenvalue weighted by atomic mass is 10.2. The van der Waals surface area contributed by atoms with Crippen LogP contribution in [0.15, 0.2) is 41.6 Å². The summed E-state index contributed by atoms with van der Waals surface area (Å²) in [4.78, 5) is 5.52. The van der Waals surface area contributed by atoms with Gasteiger partial charge in [0.15, 0.2) is 5.82 Å². The molecule has 9 heteroatoms. The third kappa shape index (κ3) is 5.33. The number of aliphatic hydroxyl groups is 1. The van der Waals surface area contributed by atoms with Crippen molar-refractivity contribution in [2.75, 3.05) is 30.5 Å². The maximum absolute atomic E-state index is 12.5. The molecule has 5 nitrogen and oxygen atoms in total. The minimum atomic E-state index is -4.50. The fraction of sp³-hybridized carbons (Fsp3) is 0.250. The average molecular weight is 373 g/mol. The molecule has 2 N–H and O–H groups in total. The van der Waals surface area contributed by atoms with Gasteiger partial charge in [0, 0.05) is 25.5 Å². The molecule has 0 atom stereocenters. The first kappa shape index (κ1) is 19.0. The molecule has 0 unspecified atom stereocenters. The van der Waals surface area contributed by atoms with E-state index in [1.165, 1.54) is 6.21 Å². The number of aromatic nitrogens is 1. The van der Waals surface area contributed by atoms with E-state index in [-0.39, 0.29) is 17.4 Å². The van der Waals surface area contributed by atoms with Gasteiger partial charge in [-0.05, 0) is 23.8 Å². The van der Waals surface area contributed by atoms with Crippen molar-refractivity contribution in [3.63, 3.8) is 0 Å². The normalized spacial score (nSPS) is 11.8. The molecule has 1 aromatic carbocycles. The Hall–Kier alpha value is -2.32. The summed E-state index contributed by atoms with van der Waals surface area (Å²) < 4.78 is 37.6. The van der Waals surface area contributed by atoms with Crippen LogP contribution in [0.25, 0.3) is 0 Å². The van der Waals surface area contributed by atoms with Crippen LogP contribution in [0.5, 0.6) is 0 Å². The number of likely N-dealkylation sites (N-methyl/N-ethyl adjacent to an activating group) is 1. The van der Waals surface area contributed by atoms with Crippen molar-refractivity contribution in [3.8, 4) is 0 Å². The summed E-state index contributed by atoms with van der Waals surface area (Å²) >= 11 is 5.78. The zero-order valence-electron chi connectivity index (χ0n) is 13.3. The van der Waals surface area contributed by atoms with E-state index >= 15 is 0 Å². The van der Waals surface area contributed by atoms with Gasteiger partial charge in [-0.3, -0.25) is 5.43 Å². The largest absolute Gasteiger partial charge is 0.417 e. The van der Waals surface area contributed by atoms with Crippen molar-refractivity contribution in [2.45, 2.75) is 6.18 Å².